The molecule has 5 nitrogen and oxygen atoms in total. The Kier molecular flexibility index (Phi) is 9.41. The van der Waals surface area contributed by atoms with Crippen LogP contribution < -0.4 is 0 Å². The molecule has 130 valence electrons. The Morgan fingerprint density at radius 3 is 2.36 bits per heavy atom. The van der Waals surface area contributed by atoms with Crippen LogP contribution in [0.4, 0.5) is 0 Å². The smallest absolute Gasteiger partial charge is 0.370 e. The van der Waals surface area contributed by atoms with Crippen LogP contribution in [-0.2, 0) is 23.1 Å². The lowest BCUT2D eigenvalue weighted by atomic mass is 10.1. The molecule has 1 unspecified atom stereocenters. The van der Waals surface area contributed by atoms with Crippen LogP contribution in [-0.4, -0.2) is 58.7 Å². The number of hydrogen-bond donors (Lipinski definition) is 0. The summed E-state index contributed by atoms with van der Waals surface area (Å²) in [6, 6.07) is 0.944. The second-order valence-electron chi connectivity index (χ2n) is 5.59. The molecule has 0 N–H and O–H groups in total. The van der Waals surface area contributed by atoms with Crippen molar-refractivity contribution in [3.63, 3.8) is 0 Å². The van der Waals surface area contributed by atoms with Crippen molar-refractivity contribution in [1.29, 1.82) is 0 Å². The van der Waals surface area contributed by atoms with Gasteiger partial charge in [-0.2, -0.15) is 0 Å². The Balaban J connectivity index is 0.00000441. The van der Waals surface area contributed by atoms with Gasteiger partial charge in [-0.25, -0.2) is 4.79 Å². The SMILES string of the molecule is C=C(C)C(=O)OCCCC1(OC)CCCC[Si]1(OC)OC.[SiH4]. The van der Waals surface area contributed by atoms with Gasteiger partial charge in [-0.05, 0) is 43.2 Å². The van der Waals surface area contributed by atoms with E-state index in [1.54, 1.807) is 28.3 Å². The largest absolute Gasteiger partial charge is 0.462 e. The summed E-state index contributed by atoms with van der Waals surface area (Å²) >= 11 is 0. The topological polar surface area (TPSA) is 54.0 Å². The van der Waals surface area contributed by atoms with Crippen LogP contribution in [0.2, 0.25) is 6.04 Å². The maximum Gasteiger partial charge on any atom is 0.370 e. The summed E-state index contributed by atoms with van der Waals surface area (Å²) < 4.78 is 22.7. The highest BCUT2D eigenvalue weighted by atomic mass is 28.4. The van der Waals surface area contributed by atoms with E-state index >= 15 is 0 Å². The first-order valence-electron chi connectivity index (χ1n) is 7.45. The molecule has 1 aliphatic heterocycles. The fourth-order valence-corrected chi connectivity index (χ4v) is 7.08. The van der Waals surface area contributed by atoms with Gasteiger partial charge in [0.25, 0.3) is 0 Å². The zero-order chi connectivity index (χ0) is 15.9. The fraction of sp³-hybridized carbons (Fsp3) is 0.800. The quantitative estimate of drug-likeness (QED) is 0.286. The van der Waals surface area contributed by atoms with Crippen LogP contribution in [0, 0.1) is 0 Å². The Bertz CT molecular complexity index is 371. The van der Waals surface area contributed by atoms with Gasteiger partial charge in [-0.1, -0.05) is 19.4 Å². The monoisotopic (exact) mass is 348 g/mol. The summed E-state index contributed by atoms with van der Waals surface area (Å²) in [6.07, 6.45) is 4.67. The van der Waals surface area contributed by atoms with Crippen LogP contribution in [0.1, 0.15) is 39.0 Å². The van der Waals surface area contributed by atoms with E-state index in [1.165, 1.54) is 0 Å². The van der Waals surface area contributed by atoms with Gasteiger partial charge in [0.15, 0.2) is 0 Å². The van der Waals surface area contributed by atoms with Gasteiger partial charge >= 0.3 is 14.5 Å². The molecule has 1 saturated heterocycles. The number of hydrogen-bond acceptors (Lipinski definition) is 5. The molecule has 1 heterocycles. The average Bonchev–Trinajstić information content (AvgIpc) is 2.51. The Morgan fingerprint density at radius 2 is 1.86 bits per heavy atom. The molecule has 0 aliphatic carbocycles. The highest BCUT2D eigenvalue weighted by Crippen LogP contribution is 2.42. The van der Waals surface area contributed by atoms with Crippen molar-refractivity contribution in [2.45, 2.75) is 50.3 Å². The minimum atomic E-state index is -2.39. The van der Waals surface area contributed by atoms with Gasteiger partial charge in [0.05, 0.1) is 6.61 Å². The van der Waals surface area contributed by atoms with E-state index in [0.717, 1.165) is 38.1 Å². The normalized spacial score (nSPS) is 23.5. The van der Waals surface area contributed by atoms with Gasteiger partial charge in [-0.15, -0.1) is 0 Å². The van der Waals surface area contributed by atoms with E-state index in [-0.39, 0.29) is 22.2 Å². The van der Waals surface area contributed by atoms with E-state index in [4.69, 9.17) is 18.3 Å². The number of carbonyl (C=O) groups excluding carboxylic acids is 1. The van der Waals surface area contributed by atoms with Crippen molar-refractivity contribution in [3.8, 4) is 0 Å². The molecule has 0 aromatic heterocycles. The Labute approximate surface area is 139 Å². The second-order valence-corrected chi connectivity index (χ2v) is 9.32. The predicted molar refractivity (Wildman–Crippen MR) is 94.5 cm³/mol. The summed E-state index contributed by atoms with van der Waals surface area (Å²) in [4.78, 5) is 11.4. The number of rotatable bonds is 8. The Hall–Kier alpha value is -0.476. The zero-order valence-corrected chi connectivity index (χ0v) is 14.7. The predicted octanol–water partition coefficient (Wildman–Crippen LogP) is 1.28. The first-order valence-corrected chi connectivity index (χ1v) is 9.47. The summed E-state index contributed by atoms with van der Waals surface area (Å²) in [5.74, 6) is -0.341. The number of carbonyl (C=O) groups is 1. The maximum atomic E-state index is 11.4. The lowest BCUT2D eigenvalue weighted by Gasteiger charge is -2.48. The number of ether oxygens (including phenoxy) is 2. The lowest BCUT2D eigenvalue weighted by Crippen LogP contribution is -2.64. The van der Waals surface area contributed by atoms with Crippen LogP contribution in [0.3, 0.4) is 0 Å². The highest BCUT2D eigenvalue weighted by Gasteiger charge is 2.58. The Morgan fingerprint density at radius 1 is 1.23 bits per heavy atom. The molecule has 0 aromatic carbocycles. The molecule has 1 aliphatic rings. The highest BCUT2D eigenvalue weighted by molar-refractivity contribution is 6.70. The summed E-state index contributed by atoms with van der Waals surface area (Å²) in [6.45, 7) is 5.59. The third-order valence-corrected chi connectivity index (χ3v) is 8.81. The molecule has 1 fully saturated rings. The molecule has 0 bridgehead atoms. The van der Waals surface area contributed by atoms with Crippen molar-refractivity contribution in [2.24, 2.45) is 0 Å². The molecule has 0 radical (unpaired) electrons. The minimum Gasteiger partial charge on any atom is -0.462 e. The third kappa shape index (κ3) is 4.51. The molecular formula is C15H32O5Si2. The second kappa shape index (κ2) is 9.62. The first kappa shape index (κ1) is 21.5. The molecule has 1 rings (SSSR count). The van der Waals surface area contributed by atoms with Crippen molar-refractivity contribution < 1.29 is 23.1 Å². The molecule has 7 heteroatoms. The molecule has 22 heavy (non-hydrogen) atoms. The van der Waals surface area contributed by atoms with E-state index in [2.05, 4.69) is 6.58 Å². The van der Waals surface area contributed by atoms with E-state index in [1.807, 2.05) is 0 Å². The van der Waals surface area contributed by atoms with Gasteiger partial charge in [0.2, 0.25) is 0 Å². The first-order chi connectivity index (χ1) is 9.97. The van der Waals surface area contributed by atoms with Gasteiger partial charge in [-0.3, -0.25) is 0 Å². The number of esters is 1. The minimum absolute atomic E-state index is 0. The number of methoxy groups -OCH3 is 1. The fourth-order valence-electron chi connectivity index (χ4n) is 3.17. The summed E-state index contributed by atoms with van der Waals surface area (Å²) in [5.41, 5.74) is 0.423. The molecule has 0 aromatic rings. The van der Waals surface area contributed by atoms with E-state index in [9.17, 15) is 4.79 Å². The van der Waals surface area contributed by atoms with E-state index in [0.29, 0.717) is 12.2 Å². The van der Waals surface area contributed by atoms with Crippen molar-refractivity contribution in [1.82, 2.24) is 0 Å². The molecular weight excluding hydrogens is 316 g/mol. The van der Waals surface area contributed by atoms with Crippen LogP contribution in [0.5, 0.6) is 0 Å². The molecule has 0 amide bonds. The van der Waals surface area contributed by atoms with Crippen molar-refractivity contribution >= 4 is 25.5 Å². The van der Waals surface area contributed by atoms with Crippen LogP contribution in [0.15, 0.2) is 12.2 Å². The molecule has 1 atom stereocenters. The van der Waals surface area contributed by atoms with Gasteiger partial charge in [0.1, 0.15) is 5.22 Å². The third-order valence-electron chi connectivity index (χ3n) is 4.39. The maximum absolute atomic E-state index is 11.4. The lowest BCUT2D eigenvalue weighted by molar-refractivity contribution is -0.139. The average molecular weight is 349 g/mol. The standard InChI is InChI=1S/C15H28O5Si.H4Si/c1-13(2)14(16)20-11-8-10-15(17-3)9-6-7-12-21(15,18-4)19-5;/h1,6-12H2,2-5H3;1H4. The summed E-state index contributed by atoms with van der Waals surface area (Å²) in [7, 11) is 2.77. The van der Waals surface area contributed by atoms with Gasteiger partial charge in [0, 0.05) is 26.9 Å². The van der Waals surface area contributed by atoms with Crippen molar-refractivity contribution in [3.05, 3.63) is 12.2 Å². The molecule has 0 spiro atoms. The van der Waals surface area contributed by atoms with Crippen molar-refractivity contribution in [2.75, 3.05) is 27.9 Å². The van der Waals surface area contributed by atoms with Crippen LogP contribution >= 0.6 is 0 Å². The molecule has 0 saturated carbocycles. The zero-order valence-electron chi connectivity index (χ0n) is 13.7. The van der Waals surface area contributed by atoms with Gasteiger partial charge < -0.3 is 18.3 Å². The van der Waals surface area contributed by atoms with E-state index < -0.39 is 8.56 Å². The van der Waals surface area contributed by atoms with Crippen LogP contribution in [0.25, 0.3) is 0 Å². The summed E-state index contributed by atoms with van der Waals surface area (Å²) in [5, 5.41) is -0.357.